The lowest BCUT2D eigenvalue weighted by Gasteiger charge is -2.39. The summed E-state index contributed by atoms with van der Waals surface area (Å²) < 4.78 is 45.3. The van der Waals surface area contributed by atoms with E-state index in [1.165, 1.54) is 6.07 Å². The van der Waals surface area contributed by atoms with E-state index in [2.05, 4.69) is 0 Å². The number of rotatable bonds is 7. The van der Waals surface area contributed by atoms with Gasteiger partial charge in [0.1, 0.15) is 23.0 Å². The van der Waals surface area contributed by atoms with Crippen LogP contribution in [0.3, 0.4) is 0 Å². The average Bonchev–Trinajstić information content (AvgIpc) is 2.56. The molecular formula is C19H24O7S. The molecule has 1 aliphatic rings. The molecule has 2 aromatic rings. The van der Waals surface area contributed by atoms with E-state index in [1.807, 2.05) is 19.9 Å². The summed E-state index contributed by atoms with van der Waals surface area (Å²) in [6.07, 6.45) is 0.840. The lowest BCUT2D eigenvalue weighted by atomic mass is 9.90. The fraction of sp³-hybridized carbons (Fsp3) is 0.526. The van der Waals surface area contributed by atoms with E-state index in [1.54, 1.807) is 19.1 Å². The molecule has 0 saturated heterocycles. The largest absolute Gasteiger partial charge is 0.485 e. The first-order valence-electron chi connectivity index (χ1n) is 8.95. The highest BCUT2D eigenvalue weighted by Gasteiger charge is 2.38. The molecule has 1 aromatic carbocycles. The maximum absolute atomic E-state index is 11.6. The molecule has 3 rings (SSSR count). The first-order chi connectivity index (χ1) is 12.7. The Kier molecular flexibility index (Phi) is 5.60. The number of hydrogen-bond donors (Lipinski definition) is 0. The quantitative estimate of drug-likeness (QED) is 0.403. The van der Waals surface area contributed by atoms with Crippen molar-refractivity contribution in [2.24, 2.45) is 0 Å². The van der Waals surface area contributed by atoms with Crippen molar-refractivity contribution in [3.63, 3.8) is 0 Å². The summed E-state index contributed by atoms with van der Waals surface area (Å²) in [7, 11) is -3.49. The number of fused-ring (bicyclic) bond motifs is 2. The minimum absolute atomic E-state index is 0.00160. The standard InChI is InChI=1S/C19H24O7S/c1-4-9-27(21,22)24-8-7-23-17-11-14-10-13-5-6-18(20)25-15(13)12-16(14)26-19(17,2)3/h5-6,10,12,17H,4,7-9,11H2,1-3H3/t17-/m0/s1. The van der Waals surface area contributed by atoms with Crippen LogP contribution >= 0.6 is 0 Å². The maximum Gasteiger partial charge on any atom is 0.336 e. The SMILES string of the molecule is CCCS(=O)(=O)OCCO[C@H]1Cc2cc3ccc(=O)oc3cc2OC1(C)C. The summed E-state index contributed by atoms with van der Waals surface area (Å²) in [6.45, 7) is 5.72. The average molecular weight is 396 g/mol. The molecule has 0 bridgehead atoms. The number of ether oxygens (including phenoxy) is 2. The number of hydrogen-bond acceptors (Lipinski definition) is 7. The summed E-state index contributed by atoms with van der Waals surface area (Å²) in [5.41, 5.74) is 0.390. The first-order valence-corrected chi connectivity index (χ1v) is 10.5. The van der Waals surface area contributed by atoms with Crippen LogP contribution < -0.4 is 10.4 Å². The van der Waals surface area contributed by atoms with Gasteiger partial charge in [-0.25, -0.2) is 4.79 Å². The molecule has 0 spiro atoms. The van der Waals surface area contributed by atoms with E-state index in [-0.39, 0.29) is 25.1 Å². The van der Waals surface area contributed by atoms with Crippen LogP contribution in [0.15, 0.2) is 33.5 Å². The Morgan fingerprint density at radius 3 is 2.74 bits per heavy atom. The highest BCUT2D eigenvalue weighted by Crippen LogP contribution is 2.37. The van der Waals surface area contributed by atoms with Crippen LogP contribution in [0.4, 0.5) is 0 Å². The highest BCUT2D eigenvalue weighted by molar-refractivity contribution is 7.86. The third-order valence-corrected chi connectivity index (χ3v) is 5.91. The van der Waals surface area contributed by atoms with E-state index in [9.17, 15) is 13.2 Å². The molecule has 27 heavy (non-hydrogen) atoms. The van der Waals surface area contributed by atoms with Gasteiger partial charge in [0, 0.05) is 23.9 Å². The van der Waals surface area contributed by atoms with Gasteiger partial charge in [0.15, 0.2) is 0 Å². The lowest BCUT2D eigenvalue weighted by molar-refractivity contribution is -0.0881. The van der Waals surface area contributed by atoms with Crippen molar-refractivity contribution in [3.8, 4) is 5.75 Å². The van der Waals surface area contributed by atoms with Crippen molar-refractivity contribution in [3.05, 3.63) is 40.2 Å². The molecule has 0 fully saturated rings. The third-order valence-electron chi connectivity index (χ3n) is 4.48. The van der Waals surface area contributed by atoms with Crippen LogP contribution in [-0.2, 0) is 25.5 Å². The van der Waals surface area contributed by atoms with E-state index < -0.39 is 21.3 Å². The van der Waals surface area contributed by atoms with Gasteiger partial charge in [-0.1, -0.05) is 6.92 Å². The topological polar surface area (TPSA) is 92.0 Å². The molecule has 0 unspecified atom stereocenters. The summed E-state index contributed by atoms with van der Waals surface area (Å²) >= 11 is 0. The molecule has 7 nitrogen and oxygen atoms in total. The summed E-state index contributed by atoms with van der Waals surface area (Å²) in [6, 6.07) is 6.74. The minimum atomic E-state index is -3.49. The monoisotopic (exact) mass is 396 g/mol. The molecule has 0 amide bonds. The zero-order chi connectivity index (χ0) is 19.7. The van der Waals surface area contributed by atoms with E-state index in [4.69, 9.17) is 18.1 Å². The molecule has 1 atom stereocenters. The maximum atomic E-state index is 11.6. The van der Waals surface area contributed by atoms with Gasteiger partial charge in [-0.15, -0.1) is 0 Å². The molecule has 1 aliphatic heterocycles. The van der Waals surface area contributed by atoms with Crippen LogP contribution in [-0.4, -0.2) is 39.1 Å². The number of benzene rings is 1. The Balaban J connectivity index is 1.70. The summed E-state index contributed by atoms with van der Waals surface area (Å²) in [5, 5.41) is 0.810. The van der Waals surface area contributed by atoms with Crippen molar-refractivity contribution < 1.29 is 26.5 Å². The Morgan fingerprint density at radius 2 is 2.00 bits per heavy atom. The van der Waals surface area contributed by atoms with E-state index in [0.717, 1.165) is 10.9 Å². The van der Waals surface area contributed by atoms with Crippen molar-refractivity contribution in [2.45, 2.75) is 45.3 Å². The van der Waals surface area contributed by atoms with Crippen molar-refractivity contribution >= 4 is 21.1 Å². The Bertz CT molecular complexity index is 975. The molecule has 0 aliphatic carbocycles. The second-order valence-electron chi connectivity index (χ2n) is 7.11. The van der Waals surface area contributed by atoms with Gasteiger partial charge in [0.25, 0.3) is 10.1 Å². The van der Waals surface area contributed by atoms with Crippen molar-refractivity contribution in [1.82, 2.24) is 0 Å². The molecule has 1 aromatic heterocycles. The molecule has 2 heterocycles. The fourth-order valence-electron chi connectivity index (χ4n) is 3.11. The summed E-state index contributed by atoms with van der Waals surface area (Å²) in [5.74, 6) is 0.658. The zero-order valence-electron chi connectivity index (χ0n) is 15.7. The molecular weight excluding hydrogens is 372 g/mol. The van der Waals surface area contributed by atoms with Crippen molar-refractivity contribution in [1.29, 1.82) is 0 Å². The van der Waals surface area contributed by atoms with Gasteiger partial charge < -0.3 is 13.9 Å². The minimum Gasteiger partial charge on any atom is -0.485 e. The van der Waals surface area contributed by atoms with Gasteiger partial charge in [-0.05, 0) is 38.0 Å². The smallest absolute Gasteiger partial charge is 0.336 e. The first kappa shape index (κ1) is 19.9. The van der Waals surface area contributed by atoms with Crippen LogP contribution in [0.2, 0.25) is 0 Å². The van der Waals surface area contributed by atoms with E-state index in [0.29, 0.717) is 24.2 Å². The lowest BCUT2D eigenvalue weighted by Crippen LogP contribution is -2.48. The summed E-state index contributed by atoms with van der Waals surface area (Å²) in [4.78, 5) is 11.4. The molecule has 8 heteroatoms. The van der Waals surface area contributed by atoms with E-state index >= 15 is 0 Å². The van der Waals surface area contributed by atoms with Crippen LogP contribution in [0.25, 0.3) is 11.0 Å². The predicted octanol–water partition coefficient (Wildman–Crippen LogP) is 2.65. The van der Waals surface area contributed by atoms with Gasteiger partial charge in [0.05, 0.1) is 19.0 Å². The van der Waals surface area contributed by atoms with Gasteiger partial charge in [-0.2, -0.15) is 8.42 Å². The van der Waals surface area contributed by atoms with Gasteiger partial charge in [-0.3, -0.25) is 4.18 Å². The normalized spacial score (nSPS) is 18.9. The zero-order valence-corrected chi connectivity index (χ0v) is 16.5. The van der Waals surface area contributed by atoms with Gasteiger partial charge in [0.2, 0.25) is 0 Å². The van der Waals surface area contributed by atoms with Gasteiger partial charge >= 0.3 is 5.63 Å². The van der Waals surface area contributed by atoms with Crippen LogP contribution in [0.5, 0.6) is 5.75 Å². The molecule has 0 radical (unpaired) electrons. The Labute approximate surface area is 158 Å². The third kappa shape index (κ3) is 4.69. The fourth-order valence-corrected chi connectivity index (χ4v) is 4.05. The highest BCUT2D eigenvalue weighted by atomic mass is 32.2. The van der Waals surface area contributed by atoms with Crippen LogP contribution in [0.1, 0.15) is 32.8 Å². The van der Waals surface area contributed by atoms with Crippen LogP contribution in [0, 0.1) is 0 Å². The molecule has 148 valence electrons. The second kappa shape index (κ2) is 7.61. The van der Waals surface area contributed by atoms with Crippen molar-refractivity contribution in [2.75, 3.05) is 19.0 Å². The Hall–Kier alpha value is -1.90. The Morgan fingerprint density at radius 1 is 1.22 bits per heavy atom. The molecule has 0 saturated carbocycles. The predicted molar refractivity (Wildman–Crippen MR) is 101 cm³/mol. The molecule has 0 N–H and O–H groups in total. The second-order valence-corrected chi connectivity index (χ2v) is 8.86.